The molecule has 0 saturated carbocycles. The number of carbonyl (C=O) groups excluding carboxylic acids is 2. The number of hydrogen-bond donors (Lipinski definition) is 1. The van der Waals surface area contributed by atoms with Crippen LogP contribution in [0.15, 0.2) is 60.7 Å². The van der Waals surface area contributed by atoms with Crippen molar-refractivity contribution >= 4 is 46.9 Å². The molecular weight excluding hydrogens is 392 g/mol. The molecule has 5 rings (SSSR count). The van der Waals surface area contributed by atoms with E-state index in [0.29, 0.717) is 10.7 Å². The summed E-state index contributed by atoms with van der Waals surface area (Å²) in [6, 6.07) is 17.3. The van der Waals surface area contributed by atoms with Gasteiger partial charge in [0, 0.05) is 5.02 Å². The van der Waals surface area contributed by atoms with Crippen LogP contribution < -0.4 is 9.80 Å². The molecule has 0 radical (unpaired) electrons. The first-order valence-corrected chi connectivity index (χ1v) is 11.0. The molecule has 5 atom stereocenters. The van der Waals surface area contributed by atoms with Gasteiger partial charge in [-0.3, -0.25) is 9.59 Å². The summed E-state index contributed by atoms with van der Waals surface area (Å²) in [6.07, 6.45) is 4.23. The van der Waals surface area contributed by atoms with Crippen molar-refractivity contribution in [3.05, 3.63) is 71.3 Å². The Morgan fingerprint density at radius 1 is 1.00 bits per heavy atom. The minimum Gasteiger partial charge on any atom is -0.316 e. The van der Waals surface area contributed by atoms with E-state index in [0.717, 1.165) is 17.2 Å². The fraction of sp³-hybridized carbons (Fsp3) is 0.273. The van der Waals surface area contributed by atoms with E-state index < -0.39 is 0 Å². The number of anilines is 1. The van der Waals surface area contributed by atoms with Crippen molar-refractivity contribution in [2.45, 2.75) is 12.1 Å². The standard InChI is InChI=1S/C22H19ClN2O2S/c23-15-7-9-16(10-8-15)25-21(26)19-17(11-6-14-4-2-1-3-5-14)24-13-28-12-18(24)20(19)22(25)27/h1-11,17-20H,12-13H2/p+1/b11-6+/t17-,18+,19-,20+/m0/s1. The Kier molecular flexibility index (Phi) is 4.54. The summed E-state index contributed by atoms with van der Waals surface area (Å²) in [6.45, 7) is 0. The number of carbonyl (C=O) groups is 2. The summed E-state index contributed by atoms with van der Waals surface area (Å²) in [5.74, 6) is 1.22. The van der Waals surface area contributed by atoms with Gasteiger partial charge >= 0.3 is 0 Å². The topological polar surface area (TPSA) is 41.8 Å². The van der Waals surface area contributed by atoms with Gasteiger partial charge in [-0.05, 0) is 35.9 Å². The number of hydrogen-bond acceptors (Lipinski definition) is 3. The van der Waals surface area contributed by atoms with Crippen molar-refractivity contribution in [3.63, 3.8) is 0 Å². The molecule has 0 bridgehead atoms. The summed E-state index contributed by atoms with van der Waals surface area (Å²) >= 11 is 7.85. The van der Waals surface area contributed by atoms with Crippen LogP contribution in [-0.2, 0) is 9.59 Å². The second kappa shape index (κ2) is 7.07. The van der Waals surface area contributed by atoms with Gasteiger partial charge in [0.2, 0.25) is 11.8 Å². The third-order valence-electron chi connectivity index (χ3n) is 6.07. The monoisotopic (exact) mass is 411 g/mol. The number of thioether (sulfide) groups is 1. The second-order valence-electron chi connectivity index (χ2n) is 7.53. The summed E-state index contributed by atoms with van der Waals surface area (Å²) in [4.78, 5) is 29.4. The molecule has 28 heavy (non-hydrogen) atoms. The minimum atomic E-state index is -0.288. The van der Waals surface area contributed by atoms with Gasteiger partial charge < -0.3 is 4.90 Å². The van der Waals surface area contributed by atoms with Crippen LogP contribution in [0.3, 0.4) is 0 Å². The molecule has 142 valence electrons. The number of quaternary nitrogens is 1. The average molecular weight is 412 g/mol. The molecule has 1 unspecified atom stereocenters. The van der Waals surface area contributed by atoms with E-state index in [9.17, 15) is 9.59 Å². The molecular formula is C22H20ClN2O2S+. The highest BCUT2D eigenvalue weighted by atomic mass is 35.5. The van der Waals surface area contributed by atoms with Crippen LogP contribution in [0.2, 0.25) is 5.02 Å². The lowest BCUT2D eigenvalue weighted by Crippen LogP contribution is -3.15. The van der Waals surface area contributed by atoms with E-state index in [2.05, 4.69) is 24.3 Å². The quantitative estimate of drug-likeness (QED) is 0.789. The van der Waals surface area contributed by atoms with Crippen molar-refractivity contribution in [2.24, 2.45) is 11.8 Å². The molecule has 3 saturated heterocycles. The lowest BCUT2D eigenvalue weighted by Gasteiger charge is -2.23. The number of halogens is 1. The van der Waals surface area contributed by atoms with Gasteiger partial charge in [0.05, 0.1) is 11.4 Å². The maximum Gasteiger partial charge on any atom is 0.244 e. The smallest absolute Gasteiger partial charge is 0.244 e. The van der Waals surface area contributed by atoms with Gasteiger partial charge in [-0.25, -0.2) is 4.90 Å². The molecule has 0 spiro atoms. The lowest BCUT2D eigenvalue weighted by molar-refractivity contribution is -0.912. The van der Waals surface area contributed by atoms with E-state index in [-0.39, 0.29) is 35.7 Å². The number of rotatable bonds is 3. The first-order chi connectivity index (χ1) is 13.6. The van der Waals surface area contributed by atoms with Crippen molar-refractivity contribution < 1.29 is 14.5 Å². The second-order valence-corrected chi connectivity index (χ2v) is 9.00. The van der Waals surface area contributed by atoms with E-state index in [1.165, 1.54) is 9.80 Å². The number of benzene rings is 2. The predicted molar refractivity (Wildman–Crippen MR) is 112 cm³/mol. The fourth-order valence-corrected chi connectivity index (χ4v) is 6.37. The molecule has 2 amide bonds. The predicted octanol–water partition coefficient (Wildman–Crippen LogP) is 2.50. The first kappa shape index (κ1) is 18.0. The Morgan fingerprint density at radius 3 is 2.46 bits per heavy atom. The van der Waals surface area contributed by atoms with E-state index in [1.54, 1.807) is 24.3 Å². The van der Waals surface area contributed by atoms with Crippen LogP contribution in [0, 0.1) is 11.8 Å². The van der Waals surface area contributed by atoms with Crippen LogP contribution in [-0.4, -0.2) is 35.5 Å². The van der Waals surface area contributed by atoms with Crippen molar-refractivity contribution in [1.82, 2.24) is 0 Å². The number of amides is 2. The normalized spacial score (nSPS) is 31.6. The largest absolute Gasteiger partial charge is 0.316 e. The molecule has 2 aromatic rings. The molecule has 3 aliphatic heterocycles. The fourth-order valence-electron chi connectivity index (χ4n) is 4.81. The highest BCUT2D eigenvalue weighted by Crippen LogP contribution is 2.40. The van der Waals surface area contributed by atoms with Gasteiger partial charge in [-0.2, -0.15) is 0 Å². The Labute approximate surface area is 173 Å². The molecule has 4 nitrogen and oxygen atoms in total. The Balaban J connectivity index is 1.50. The highest BCUT2D eigenvalue weighted by Gasteiger charge is 2.65. The molecule has 6 heteroatoms. The SMILES string of the molecule is O=C1[C@@H]2[C@H](C(=O)N1c1ccc(Cl)cc1)[C@H]1CSC[NH+]1[C@H]2/C=C/c1ccccc1. The van der Waals surface area contributed by atoms with E-state index >= 15 is 0 Å². The van der Waals surface area contributed by atoms with Gasteiger partial charge in [-0.15, -0.1) is 0 Å². The van der Waals surface area contributed by atoms with Gasteiger partial charge in [0.25, 0.3) is 0 Å². The zero-order valence-electron chi connectivity index (χ0n) is 15.1. The zero-order valence-corrected chi connectivity index (χ0v) is 16.7. The molecule has 2 aromatic carbocycles. The van der Waals surface area contributed by atoms with Gasteiger partial charge in [0.15, 0.2) is 0 Å². The molecule has 3 fully saturated rings. The van der Waals surface area contributed by atoms with Crippen molar-refractivity contribution in [1.29, 1.82) is 0 Å². The van der Waals surface area contributed by atoms with Gasteiger partial charge in [-0.1, -0.05) is 59.8 Å². The molecule has 3 aliphatic rings. The Morgan fingerprint density at radius 2 is 1.71 bits per heavy atom. The van der Waals surface area contributed by atoms with Crippen LogP contribution in [0.1, 0.15) is 5.56 Å². The van der Waals surface area contributed by atoms with E-state index in [4.69, 9.17) is 11.6 Å². The maximum atomic E-state index is 13.4. The first-order valence-electron chi connectivity index (χ1n) is 9.45. The highest BCUT2D eigenvalue weighted by molar-refractivity contribution is 7.99. The van der Waals surface area contributed by atoms with Crippen LogP contribution in [0.25, 0.3) is 6.08 Å². The van der Waals surface area contributed by atoms with Gasteiger partial charge in [0.1, 0.15) is 29.8 Å². The Bertz CT molecular complexity index is 947. The Hall–Kier alpha value is -2.08. The molecule has 0 aromatic heterocycles. The number of nitrogens with zero attached hydrogens (tertiary/aromatic N) is 1. The van der Waals surface area contributed by atoms with Crippen LogP contribution in [0.4, 0.5) is 5.69 Å². The number of imide groups is 1. The third kappa shape index (κ3) is 2.81. The average Bonchev–Trinajstić information content (AvgIpc) is 3.35. The summed E-state index contributed by atoms with van der Waals surface area (Å²) in [7, 11) is 0. The number of nitrogens with one attached hydrogen (secondary N) is 1. The molecule has 1 N–H and O–H groups in total. The van der Waals surface area contributed by atoms with Crippen molar-refractivity contribution in [3.8, 4) is 0 Å². The summed E-state index contributed by atoms with van der Waals surface area (Å²) in [5, 5.41) is 0.592. The van der Waals surface area contributed by atoms with Crippen LogP contribution >= 0.6 is 23.4 Å². The third-order valence-corrected chi connectivity index (χ3v) is 7.45. The maximum absolute atomic E-state index is 13.4. The molecule has 3 heterocycles. The lowest BCUT2D eigenvalue weighted by atomic mass is 9.89. The summed E-state index contributed by atoms with van der Waals surface area (Å²) in [5.41, 5.74) is 1.73. The minimum absolute atomic E-state index is 0.0268. The number of fused-ring (bicyclic) bond motifs is 3. The molecule has 0 aliphatic carbocycles. The van der Waals surface area contributed by atoms with Crippen LogP contribution in [0.5, 0.6) is 0 Å². The van der Waals surface area contributed by atoms with E-state index in [1.807, 2.05) is 30.0 Å². The summed E-state index contributed by atoms with van der Waals surface area (Å²) < 4.78 is 0. The zero-order chi connectivity index (χ0) is 19.3. The van der Waals surface area contributed by atoms with Crippen molar-refractivity contribution in [2.75, 3.05) is 16.5 Å².